The van der Waals surface area contributed by atoms with Crippen molar-refractivity contribution in [1.29, 1.82) is 0 Å². The van der Waals surface area contributed by atoms with Crippen LogP contribution in [0.5, 0.6) is 0 Å². The van der Waals surface area contributed by atoms with E-state index in [1.165, 1.54) is 25.7 Å². The summed E-state index contributed by atoms with van der Waals surface area (Å²) in [6, 6.07) is 0. The van der Waals surface area contributed by atoms with Crippen LogP contribution in [0.2, 0.25) is 19.6 Å². The van der Waals surface area contributed by atoms with E-state index in [1.54, 1.807) is 10.8 Å². The van der Waals surface area contributed by atoms with E-state index < -0.39 is 8.07 Å². The lowest BCUT2D eigenvalue weighted by atomic mass is 9.85. The molecule has 1 unspecified atom stereocenters. The quantitative estimate of drug-likeness (QED) is 0.468. The predicted octanol–water partition coefficient (Wildman–Crippen LogP) is 4.95. The fourth-order valence-electron chi connectivity index (χ4n) is 2.70. The van der Waals surface area contributed by atoms with Crippen LogP contribution in [0.4, 0.5) is 0 Å². The summed E-state index contributed by atoms with van der Waals surface area (Å²) in [6.07, 6.45) is 8.83. The molecule has 0 nitrogen and oxygen atoms in total. The topological polar surface area (TPSA) is 0 Å². The molecule has 0 aromatic rings. The maximum atomic E-state index is 3.92. The summed E-state index contributed by atoms with van der Waals surface area (Å²) in [5.41, 5.74) is 1.79. The minimum absolute atomic E-state index is 0.834. The zero-order valence-corrected chi connectivity index (χ0v) is 11.9. The van der Waals surface area contributed by atoms with Gasteiger partial charge in [-0.15, -0.1) is 6.58 Å². The van der Waals surface area contributed by atoms with Crippen molar-refractivity contribution < 1.29 is 0 Å². The van der Waals surface area contributed by atoms with E-state index in [4.69, 9.17) is 0 Å². The van der Waals surface area contributed by atoms with Gasteiger partial charge < -0.3 is 0 Å². The lowest BCUT2D eigenvalue weighted by Gasteiger charge is -2.31. The first kappa shape index (κ1) is 12.8. The first-order valence-corrected chi connectivity index (χ1v) is 9.80. The van der Waals surface area contributed by atoms with Gasteiger partial charge in [0.25, 0.3) is 0 Å². The van der Waals surface area contributed by atoms with Crippen LogP contribution in [0.1, 0.15) is 39.0 Å². The van der Waals surface area contributed by atoms with E-state index in [0.717, 1.165) is 12.3 Å². The Kier molecular flexibility index (Phi) is 4.39. The molecule has 0 spiro atoms. The van der Waals surface area contributed by atoms with Crippen molar-refractivity contribution in [2.45, 2.75) is 58.7 Å². The summed E-state index contributed by atoms with van der Waals surface area (Å²) in [6.45, 7) is 13.8. The van der Waals surface area contributed by atoms with Crippen molar-refractivity contribution in [2.75, 3.05) is 0 Å². The van der Waals surface area contributed by atoms with Gasteiger partial charge in [0, 0.05) is 0 Å². The van der Waals surface area contributed by atoms with E-state index >= 15 is 0 Å². The zero-order valence-electron chi connectivity index (χ0n) is 10.9. The van der Waals surface area contributed by atoms with Crippen molar-refractivity contribution in [1.82, 2.24) is 0 Å². The summed E-state index contributed by atoms with van der Waals surface area (Å²) >= 11 is 0. The Labute approximate surface area is 96.5 Å². The molecule has 0 aromatic carbocycles. The van der Waals surface area contributed by atoms with Gasteiger partial charge in [0.05, 0.1) is 8.07 Å². The van der Waals surface area contributed by atoms with Crippen LogP contribution in [0.3, 0.4) is 0 Å². The zero-order chi connectivity index (χ0) is 11.5. The molecule has 0 aliphatic heterocycles. The van der Waals surface area contributed by atoms with Crippen LogP contribution < -0.4 is 0 Å². The molecular weight excluding hydrogens is 196 g/mol. The Bertz CT molecular complexity index is 255. The van der Waals surface area contributed by atoms with Crippen LogP contribution in [0.25, 0.3) is 0 Å². The molecule has 1 atom stereocenters. The third kappa shape index (κ3) is 3.34. The molecule has 1 rings (SSSR count). The highest BCUT2D eigenvalue weighted by Crippen LogP contribution is 2.35. The van der Waals surface area contributed by atoms with Crippen LogP contribution in [0.15, 0.2) is 23.4 Å². The monoisotopic (exact) mass is 222 g/mol. The van der Waals surface area contributed by atoms with Crippen molar-refractivity contribution in [3.8, 4) is 0 Å². The minimum Gasteiger partial charge on any atom is -0.103 e. The molecule has 1 aliphatic rings. The predicted molar refractivity (Wildman–Crippen MR) is 72.8 cm³/mol. The molecule has 0 heterocycles. The van der Waals surface area contributed by atoms with Gasteiger partial charge >= 0.3 is 0 Å². The van der Waals surface area contributed by atoms with E-state index in [-0.39, 0.29) is 0 Å². The molecule has 1 fully saturated rings. The fraction of sp³-hybridized carbons (Fsp3) is 0.714. The number of hydrogen-bond acceptors (Lipinski definition) is 0. The molecule has 15 heavy (non-hydrogen) atoms. The highest BCUT2D eigenvalue weighted by molar-refractivity contribution is 6.83. The third-order valence-corrected chi connectivity index (χ3v) is 5.91. The summed E-state index contributed by atoms with van der Waals surface area (Å²) in [5.74, 6) is 0.834. The number of hydrogen-bond donors (Lipinski definition) is 0. The Morgan fingerprint density at radius 1 is 1.40 bits per heavy atom. The lowest BCUT2D eigenvalue weighted by molar-refractivity contribution is 0.480. The van der Waals surface area contributed by atoms with Crippen LogP contribution in [-0.2, 0) is 0 Å². The minimum atomic E-state index is -1.13. The summed E-state index contributed by atoms with van der Waals surface area (Å²) in [5, 5.41) is 1.78. The van der Waals surface area contributed by atoms with Crippen molar-refractivity contribution in [2.24, 2.45) is 5.92 Å². The maximum absolute atomic E-state index is 3.92. The molecule has 1 aliphatic carbocycles. The summed E-state index contributed by atoms with van der Waals surface area (Å²) in [7, 11) is -1.13. The summed E-state index contributed by atoms with van der Waals surface area (Å²) < 4.78 is 0. The van der Waals surface area contributed by atoms with E-state index in [0.29, 0.717) is 0 Å². The molecule has 0 aromatic heterocycles. The molecule has 0 radical (unpaired) electrons. The van der Waals surface area contributed by atoms with Crippen LogP contribution in [-0.4, -0.2) is 8.07 Å². The van der Waals surface area contributed by atoms with Gasteiger partial charge in [-0.05, 0) is 31.6 Å². The van der Waals surface area contributed by atoms with Gasteiger partial charge in [-0.3, -0.25) is 0 Å². The number of rotatable bonds is 3. The van der Waals surface area contributed by atoms with Crippen LogP contribution >= 0.6 is 0 Å². The van der Waals surface area contributed by atoms with Crippen molar-refractivity contribution >= 4 is 8.07 Å². The van der Waals surface area contributed by atoms with Crippen molar-refractivity contribution in [3.63, 3.8) is 0 Å². The Morgan fingerprint density at radius 2 is 2.07 bits per heavy atom. The SMILES string of the molecule is C=CC/C(=C1/CCCCC1C)[Si](C)(C)C. The molecule has 0 bridgehead atoms. The molecular formula is C14H26Si. The molecule has 0 N–H and O–H groups in total. The lowest BCUT2D eigenvalue weighted by Crippen LogP contribution is -2.27. The molecule has 0 saturated heterocycles. The molecule has 0 amide bonds. The Hall–Kier alpha value is -0.303. The van der Waals surface area contributed by atoms with Crippen molar-refractivity contribution in [3.05, 3.63) is 23.4 Å². The van der Waals surface area contributed by atoms with Gasteiger partial charge in [-0.1, -0.05) is 49.8 Å². The van der Waals surface area contributed by atoms with E-state index in [1.807, 2.05) is 0 Å². The Morgan fingerprint density at radius 3 is 2.53 bits per heavy atom. The van der Waals surface area contributed by atoms with E-state index in [9.17, 15) is 0 Å². The second-order valence-electron chi connectivity index (χ2n) is 5.89. The first-order valence-electron chi connectivity index (χ1n) is 6.30. The third-order valence-electron chi connectivity index (χ3n) is 3.57. The normalized spacial score (nSPS) is 26.3. The standard InChI is InChI=1S/C14H26Si/c1-6-9-14(15(3,4)5)13-11-8-7-10-12(13)2/h6,12H,1,7-11H2,2-5H3/b14-13+. The van der Waals surface area contributed by atoms with Gasteiger partial charge in [-0.2, -0.15) is 0 Å². The fourth-order valence-corrected chi connectivity index (χ4v) is 4.79. The average molecular weight is 222 g/mol. The second kappa shape index (κ2) is 5.15. The van der Waals surface area contributed by atoms with Gasteiger partial charge in [0.2, 0.25) is 0 Å². The van der Waals surface area contributed by atoms with Gasteiger partial charge in [-0.25, -0.2) is 0 Å². The molecule has 86 valence electrons. The second-order valence-corrected chi connectivity index (χ2v) is 11.0. The van der Waals surface area contributed by atoms with Gasteiger partial charge in [0.15, 0.2) is 0 Å². The Balaban J connectivity index is 3.01. The molecule has 1 heteroatoms. The largest absolute Gasteiger partial charge is 0.103 e. The van der Waals surface area contributed by atoms with Crippen LogP contribution in [0, 0.1) is 5.92 Å². The first-order chi connectivity index (χ1) is 6.96. The highest BCUT2D eigenvalue weighted by atomic mass is 28.3. The highest BCUT2D eigenvalue weighted by Gasteiger charge is 2.25. The average Bonchev–Trinajstić information content (AvgIpc) is 2.14. The number of allylic oxidation sites excluding steroid dienone is 3. The smallest absolute Gasteiger partial charge is 0.0728 e. The molecule has 1 saturated carbocycles. The maximum Gasteiger partial charge on any atom is 0.0728 e. The summed E-state index contributed by atoms with van der Waals surface area (Å²) in [4.78, 5) is 0. The van der Waals surface area contributed by atoms with Gasteiger partial charge in [0.1, 0.15) is 0 Å². The van der Waals surface area contributed by atoms with E-state index in [2.05, 4.69) is 39.2 Å².